The quantitative estimate of drug-likeness (QED) is 0.540. The average Bonchev–Trinajstić information content (AvgIpc) is 2.77. The third-order valence-corrected chi connectivity index (χ3v) is 5.67. The van der Waals surface area contributed by atoms with Crippen molar-refractivity contribution in [2.75, 3.05) is 0 Å². The van der Waals surface area contributed by atoms with Crippen LogP contribution in [0.1, 0.15) is 24.0 Å². The SMILES string of the molecule is O=C(O)C[C@H]1[C@H](CC(=O)O)[C@H](C(=O)OCc2ccccc2)[C@H]1C(=O)OCc1ccccc1. The third kappa shape index (κ3) is 5.72. The third-order valence-electron chi connectivity index (χ3n) is 5.67. The molecule has 8 nitrogen and oxygen atoms in total. The van der Waals surface area contributed by atoms with Gasteiger partial charge in [0.1, 0.15) is 13.2 Å². The van der Waals surface area contributed by atoms with E-state index in [4.69, 9.17) is 9.47 Å². The monoisotopic (exact) mass is 440 g/mol. The number of esters is 2. The Hall–Kier alpha value is -3.68. The molecule has 0 heterocycles. The molecule has 1 aliphatic carbocycles. The number of carboxylic acid groups (broad SMARTS) is 2. The minimum Gasteiger partial charge on any atom is -0.481 e. The highest BCUT2D eigenvalue weighted by Crippen LogP contribution is 2.51. The Kier molecular flexibility index (Phi) is 7.59. The van der Waals surface area contributed by atoms with E-state index in [0.29, 0.717) is 0 Å². The Bertz CT molecular complexity index is 877. The van der Waals surface area contributed by atoms with Crippen LogP contribution in [-0.2, 0) is 41.9 Å². The molecule has 0 aromatic heterocycles. The van der Waals surface area contributed by atoms with E-state index in [9.17, 15) is 29.4 Å². The highest BCUT2D eigenvalue weighted by Gasteiger charge is 2.59. The van der Waals surface area contributed by atoms with Crippen molar-refractivity contribution in [2.45, 2.75) is 26.1 Å². The van der Waals surface area contributed by atoms with Gasteiger partial charge in [-0.15, -0.1) is 0 Å². The van der Waals surface area contributed by atoms with Crippen LogP contribution < -0.4 is 0 Å². The number of benzene rings is 2. The summed E-state index contributed by atoms with van der Waals surface area (Å²) in [6.07, 6.45) is -0.878. The van der Waals surface area contributed by atoms with Gasteiger partial charge in [0.05, 0.1) is 11.8 Å². The lowest BCUT2D eigenvalue weighted by atomic mass is 9.54. The van der Waals surface area contributed by atoms with Crippen LogP contribution in [0.15, 0.2) is 60.7 Å². The van der Waals surface area contributed by atoms with Crippen molar-refractivity contribution in [3.8, 4) is 0 Å². The molecule has 3 rings (SSSR count). The molecule has 2 aromatic carbocycles. The zero-order valence-electron chi connectivity index (χ0n) is 17.3. The molecule has 2 N–H and O–H groups in total. The van der Waals surface area contributed by atoms with Crippen molar-refractivity contribution in [1.82, 2.24) is 0 Å². The minimum absolute atomic E-state index is 0.0364. The minimum atomic E-state index is -1.18. The van der Waals surface area contributed by atoms with Gasteiger partial charge in [0.2, 0.25) is 0 Å². The number of carbonyl (C=O) groups is 4. The molecular weight excluding hydrogens is 416 g/mol. The van der Waals surface area contributed by atoms with Crippen LogP contribution in [0.2, 0.25) is 0 Å². The molecule has 1 saturated carbocycles. The number of carboxylic acids is 2. The summed E-state index contributed by atoms with van der Waals surface area (Å²) >= 11 is 0. The normalized spacial score (nSPS) is 21.8. The van der Waals surface area contributed by atoms with Gasteiger partial charge >= 0.3 is 23.9 Å². The molecule has 0 spiro atoms. The number of aliphatic carboxylic acids is 2. The molecule has 4 atom stereocenters. The van der Waals surface area contributed by atoms with Crippen molar-refractivity contribution in [1.29, 1.82) is 0 Å². The van der Waals surface area contributed by atoms with Gasteiger partial charge in [-0.1, -0.05) is 60.7 Å². The Balaban J connectivity index is 1.76. The molecule has 8 heteroatoms. The summed E-state index contributed by atoms with van der Waals surface area (Å²) in [4.78, 5) is 48.4. The van der Waals surface area contributed by atoms with Crippen molar-refractivity contribution in [3.05, 3.63) is 71.8 Å². The van der Waals surface area contributed by atoms with Crippen LogP contribution in [0.5, 0.6) is 0 Å². The molecule has 0 unspecified atom stereocenters. The van der Waals surface area contributed by atoms with Gasteiger partial charge in [0.15, 0.2) is 0 Å². The van der Waals surface area contributed by atoms with Crippen LogP contribution in [0, 0.1) is 23.7 Å². The Morgan fingerprint density at radius 3 is 1.28 bits per heavy atom. The lowest BCUT2D eigenvalue weighted by Crippen LogP contribution is -2.56. The second kappa shape index (κ2) is 10.6. The lowest BCUT2D eigenvalue weighted by molar-refractivity contribution is -0.188. The fraction of sp³-hybridized carbons (Fsp3) is 0.333. The van der Waals surface area contributed by atoms with Crippen molar-refractivity contribution >= 4 is 23.9 Å². The van der Waals surface area contributed by atoms with E-state index >= 15 is 0 Å². The summed E-state index contributed by atoms with van der Waals surface area (Å²) in [6, 6.07) is 17.8. The maximum absolute atomic E-state index is 12.8. The number of hydrogen-bond acceptors (Lipinski definition) is 6. The van der Waals surface area contributed by atoms with Crippen LogP contribution in [0.4, 0.5) is 0 Å². The molecular formula is C24H24O8. The van der Waals surface area contributed by atoms with Gasteiger partial charge in [-0.2, -0.15) is 0 Å². The second-order valence-corrected chi connectivity index (χ2v) is 7.76. The van der Waals surface area contributed by atoms with Gasteiger partial charge in [0, 0.05) is 12.8 Å². The molecule has 168 valence electrons. The number of hydrogen-bond donors (Lipinski definition) is 2. The largest absolute Gasteiger partial charge is 0.481 e. The van der Waals surface area contributed by atoms with Crippen molar-refractivity contribution < 1.29 is 38.9 Å². The van der Waals surface area contributed by atoms with Crippen LogP contribution in [0.3, 0.4) is 0 Å². The van der Waals surface area contributed by atoms with E-state index in [-0.39, 0.29) is 13.2 Å². The molecule has 0 radical (unpaired) electrons. The van der Waals surface area contributed by atoms with Crippen molar-refractivity contribution in [2.24, 2.45) is 23.7 Å². The van der Waals surface area contributed by atoms with Crippen LogP contribution in [0.25, 0.3) is 0 Å². The fourth-order valence-electron chi connectivity index (χ4n) is 4.17. The van der Waals surface area contributed by atoms with E-state index in [1.54, 1.807) is 48.5 Å². The Morgan fingerprint density at radius 2 is 0.969 bits per heavy atom. The number of rotatable bonds is 10. The maximum Gasteiger partial charge on any atom is 0.310 e. The van der Waals surface area contributed by atoms with Gasteiger partial charge in [-0.05, 0) is 23.0 Å². The first-order chi connectivity index (χ1) is 15.4. The van der Waals surface area contributed by atoms with Gasteiger partial charge in [-0.25, -0.2) is 0 Å². The first-order valence-electron chi connectivity index (χ1n) is 10.2. The number of ether oxygens (including phenoxy) is 2. The zero-order valence-corrected chi connectivity index (χ0v) is 17.3. The fourth-order valence-corrected chi connectivity index (χ4v) is 4.17. The smallest absolute Gasteiger partial charge is 0.310 e. The van der Waals surface area contributed by atoms with Crippen molar-refractivity contribution in [3.63, 3.8) is 0 Å². The highest BCUT2D eigenvalue weighted by molar-refractivity contribution is 5.86. The van der Waals surface area contributed by atoms with E-state index < -0.39 is 60.4 Å². The lowest BCUT2D eigenvalue weighted by Gasteiger charge is -2.48. The predicted molar refractivity (Wildman–Crippen MR) is 111 cm³/mol. The van der Waals surface area contributed by atoms with Gasteiger partial charge < -0.3 is 19.7 Å². The summed E-state index contributed by atoms with van der Waals surface area (Å²) < 4.78 is 10.7. The van der Waals surface area contributed by atoms with Crippen LogP contribution >= 0.6 is 0 Å². The molecule has 0 bridgehead atoms. The average molecular weight is 440 g/mol. The van der Waals surface area contributed by atoms with Gasteiger partial charge in [0.25, 0.3) is 0 Å². The Labute approximate surface area is 184 Å². The van der Waals surface area contributed by atoms with E-state index in [2.05, 4.69) is 0 Å². The maximum atomic E-state index is 12.8. The highest BCUT2D eigenvalue weighted by atomic mass is 16.5. The van der Waals surface area contributed by atoms with E-state index in [0.717, 1.165) is 11.1 Å². The predicted octanol–water partition coefficient (Wildman–Crippen LogP) is 2.90. The standard InChI is InChI=1S/C24H24O8/c25-19(26)11-17-18(12-20(27)28)22(24(30)32-14-16-9-5-2-6-10-16)21(17)23(29)31-13-15-7-3-1-4-8-15/h1-10,17-18,21-22H,11-14H2,(H,25,26)(H,27,28)/t17-,18-,21-,22-/m0/s1. The molecule has 1 aliphatic rings. The first kappa shape index (κ1) is 23.0. The molecule has 2 aromatic rings. The molecule has 32 heavy (non-hydrogen) atoms. The summed E-state index contributed by atoms with van der Waals surface area (Å²) in [5.41, 5.74) is 1.47. The molecule has 0 aliphatic heterocycles. The summed E-state index contributed by atoms with van der Waals surface area (Å²) in [5.74, 6) is -7.65. The van der Waals surface area contributed by atoms with Gasteiger partial charge in [-0.3, -0.25) is 19.2 Å². The summed E-state index contributed by atoms with van der Waals surface area (Å²) in [5, 5.41) is 18.5. The first-order valence-corrected chi connectivity index (χ1v) is 10.2. The molecule has 1 fully saturated rings. The molecule has 0 saturated heterocycles. The Morgan fingerprint density at radius 1 is 0.625 bits per heavy atom. The second-order valence-electron chi connectivity index (χ2n) is 7.76. The summed E-state index contributed by atoms with van der Waals surface area (Å²) in [7, 11) is 0. The number of carbonyl (C=O) groups excluding carboxylic acids is 2. The summed E-state index contributed by atoms with van der Waals surface area (Å²) in [6.45, 7) is -0.0727. The zero-order chi connectivity index (χ0) is 23.1. The van der Waals surface area contributed by atoms with E-state index in [1.807, 2.05) is 12.1 Å². The van der Waals surface area contributed by atoms with Crippen LogP contribution in [-0.4, -0.2) is 34.1 Å². The van der Waals surface area contributed by atoms with E-state index in [1.165, 1.54) is 0 Å². The molecule has 0 amide bonds. The topological polar surface area (TPSA) is 127 Å².